The SMILES string of the molecule is CC(C)=CCC/C(C)=C/CC/C=C\CCC1(C)CCc2cc(O)c(C)c(C)c2O1. The summed E-state index contributed by atoms with van der Waals surface area (Å²) in [7, 11) is 0. The maximum absolute atomic E-state index is 10.1. The Bertz CT molecular complexity index is 778. The second kappa shape index (κ2) is 10.7. The number of rotatable bonds is 9. The lowest BCUT2D eigenvalue weighted by Gasteiger charge is -2.37. The van der Waals surface area contributed by atoms with E-state index in [-0.39, 0.29) is 5.60 Å². The van der Waals surface area contributed by atoms with Gasteiger partial charge >= 0.3 is 0 Å². The lowest BCUT2D eigenvalue weighted by molar-refractivity contribution is 0.0561. The van der Waals surface area contributed by atoms with Gasteiger partial charge in [-0.1, -0.05) is 35.5 Å². The molecule has 1 aliphatic rings. The summed E-state index contributed by atoms with van der Waals surface area (Å²) in [6, 6.07) is 1.88. The average molecular weight is 397 g/mol. The van der Waals surface area contributed by atoms with Crippen LogP contribution in [-0.4, -0.2) is 10.7 Å². The molecule has 0 saturated carbocycles. The van der Waals surface area contributed by atoms with Gasteiger partial charge in [0.1, 0.15) is 17.1 Å². The first kappa shape index (κ1) is 23.3. The van der Waals surface area contributed by atoms with E-state index >= 15 is 0 Å². The summed E-state index contributed by atoms with van der Waals surface area (Å²) in [5.41, 5.74) is 5.93. The standard InChI is InChI=1S/C27H40O2/c1-20(2)13-12-15-21(3)14-10-8-7-9-11-17-27(6)18-16-24-19-25(28)22(4)23(5)26(24)29-27/h7,9,13-14,19,28H,8,10-12,15-18H2,1-6H3/b9-7-,21-14+. The molecule has 2 nitrogen and oxygen atoms in total. The fraction of sp³-hybridized carbons (Fsp3) is 0.556. The van der Waals surface area contributed by atoms with E-state index < -0.39 is 0 Å². The highest BCUT2D eigenvalue weighted by atomic mass is 16.5. The fourth-order valence-electron chi connectivity index (χ4n) is 3.88. The van der Waals surface area contributed by atoms with Crippen molar-refractivity contribution < 1.29 is 9.84 Å². The molecule has 0 radical (unpaired) electrons. The number of phenolic OH excluding ortho intramolecular Hbond substituents is 1. The first-order valence-corrected chi connectivity index (χ1v) is 11.2. The van der Waals surface area contributed by atoms with Crippen molar-refractivity contribution in [3.8, 4) is 11.5 Å². The van der Waals surface area contributed by atoms with Gasteiger partial charge in [-0.15, -0.1) is 0 Å². The highest BCUT2D eigenvalue weighted by molar-refractivity contribution is 5.53. The van der Waals surface area contributed by atoms with Crippen molar-refractivity contribution in [2.24, 2.45) is 0 Å². The number of aromatic hydroxyl groups is 1. The predicted molar refractivity (Wildman–Crippen MR) is 125 cm³/mol. The van der Waals surface area contributed by atoms with Crippen LogP contribution in [-0.2, 0) is 6.42 Å². The maximum atomic E-state index is 10.1. The summed E-state index contributed by atoms with van der Waals surface area (Å²) in [5.74, 6) is 1.38. The lowest BCUT2D eigenvalue weighted by Crippen LogP contribution is -2.36. The van der Waals surface area contributed by atoms with Gasteiger partial charge < -0.3 is 9.84 Å². The van der Waals surface area contributed by atoms with E-state index in [4.69, 9.17) is 4.74 Å². The molecular weight excluding hydrogens is 356 g/mol. The molecule has 1 N–H and O–H groups in total. The highest BCUT2D eigenvalue weighted by Gasteiger charge is 2.32. The highest BCUT2D eigenvalue weighted by Crippen LogP contribution is 2.41. The normalized spacial score (nSPS) is 19.2. The zero-order valence-electron chi connectivity index (χ0n) is 19.4. The van der Waals surface area contributed by atoms with Crippen LogP contribution in [0.15, 0.2) is 41.5 Å². The van der Waals surface area contributed by atoms with Crippen molar-refractivity contribution >= 4 is 0 Å². The minimum Gasteiger partial charge on any atom is -0.508 e. The van der Waals surface area contributed by atoms with Gasteiger partial charge in [0.15, 0.2) is 0 Å². The molecule has 0 fully saturated rings. The first-order chi connectivity index (χ1) is 13.7. The van der Waals surface area contributed by atoms with Crippen molar-refractivity contribution in [2.75, 3.05) is 0 Å². The summed E-state index contributed by atoms with van der Waals surface area (Å²) in [6.45, 7) is 12.8. The number of hydrogen-bond donors (Lipinski definition) is 1. The molecule has 1 aromatic carbocycles. The smallest absolute Gasteiger partial charge is 0.126 e. The molecule has 1 heterocycles. The number of benzene rings is 1. The summed E-state index contributed by atoms with van der Waals surface area (Å²) < 4.78 is 6.44. The van der Waals surface area contributed by atoms with Crippen LogP contribution < -0.4 is 4.74 Å². The third-order valence-electron chi connectivity index (χ3n) is 6.09. The van der Waals surface area contributed by atoms with E-state index in [0.29, 0.717) is 5.75 Å². The number of phenols is 1. The average Bonchev–Trinajstić information content (AvgIpc) is 2.66. The molecule has 29 heavy (non-hydrogen) atoms. The Morgan fingerprint density at radius 1 is 1.03 bits per heavy atom. The molecule has 0 saturated heterocycles. The number of ether oxygens (including phenoxy) is 1. The van der Waals surface area contributed by atoms with E-state index in [1.54, 1.807) is 0 Å². The van der Waals surface area contributed by atoms with Gasteiger partial charge in [-0.2, -0.15) is 0 Å². The van der Waals surface area contributed by atoms with E-state index in [0.717, 1.165) is 67.4 Å². The minimum absolute atomic E-state index is 0.118. The van der Waals surface area contributed by atoms with Crippen LogP contribution in [0, 0.1) is 13.8 Å². The molecule has 2 heteroatoms. The second-order valence-electron chi connectivity index (χ2n) is 9.14. The van der Waals surface area contributed by atoms with E-state index in [1.165, 1.54) is 17.6 Å². The summed E-state index contributed by atoms with van der Waals surface area (Å²) >= 11 is 0. The number of allylic oxidation sites excluding steroid dienone is 6. The third-order valence-corrected chi connectivity index (χ3v) is 6.09. The molecule has 160 valence electrons. The molecule has 0 spiro atoms. The Hall–Kier alpha value is -1.96. The fourth-order valence-corrected chi connectivity index (χ4v) is 3.88. The van der Waals surface area contributed by atoms with Crippen LogP contribution >= 0.6 is 0 Å². The van der Waals surface area contributed by atoms with Crippen LogP contribution in [0.1, 0.15) is 89.3 Å². The molecule has 1 atom stereocenters. The number of hydrogen-bond acceptors (Lipinski definition) is 2. The zero-order chi connectivity index (χ0) is 21.4. The molecule has 0 aromatic heterocycles. The molecule has 0 bridgehead atoms. The van der Waals surface area contributed by atoms with Crippen LogP contribution in [0.4, 0.5) is 0 Å². The van der Waals surface area contributed by atoms with Gasteiger partial charge in [0.05, 0.1) is 0 Å². The molecule has 2 rings (SSSR count). The van der Waals surface area contributed by atoms with Crippen LogP contribution in [0.5, 0.6) is 11.5 Å². The lowest BCUT2D eigenvalue weighted by atomic mass is 9.87. The number of fused-ring (bicyclic) bond motifs is 1. The third kappa shape index (κ3) is 7.10. The van der Waals surface area contributed by atoms with Gasteiger partial charge in [0.2, 0.25) is 0 Å². The maximum Gasteiger partial charge on any atom is 0.126 e. The topological polar surface area (TPSA) is 29.5 Å². The number of unbranched alkanes of at least 4 members (excludes halogenated alkanes) is 1. The van der Waals surface area contributed by atoms with Gasteiger partial charge in [-0.05, 0) is 116 Å². The largest absolute Gasteiger partial charge is 0.508 e. The van der Waals surface area contributed by atoms with Crippen LogP contribution in [0.25, 0.3) is 0 Å². The van der Waals surface area contributed by atoms with Crippen LogP contribution in [0.2, 0.25) is 0 Å². The van der Waals surface area contributed by atoms with Gasteiger partial charge in [-0.3, -0.25) is 0 Å². The first-order valence-electron chi connectivity index (χ1n) is 11.2. The summed E-state index contributed by atoms with van der Waals surface area (Å²) in [6.07, 6.45) is 17.9. The Morgan fingerprint density at radius 3 is 2.48 bits per heavy atom. The minimum atomic E-state index is -0.118. The van der Waals surface area contributed by atoms with Crippen molar-refractivity contribution in [1.82, 2.24) is 0 Å². The molecule has 0 amide bonds. The van der Waals surface area contributed by atoms with Crippen molar-refractivity contribution in [2.45, 2.75) is 98.5 Å². The Balaban J connectivity index is 1.76. The van der Waals surface area contributed by atoms with Crippen molar-refractivity contribution in [1.29, 1.82) is 0 Å². The molecule has 1 aromatic rings. The molecule has 0 aliphatic carbocycles. The monoisotopic (exact) mass is 396 g/mol. The summed E-state index contributed by atoms with van der Waals surface area (Å²) in [5, 5.41) is 10.1. The molecular formula is C27H40O2. The van der Waals surface area contributed by atoms with E-state index in [1.807, 2.05) is 13.0 Å². The Labute approximate surface area is 178 Å². The predicted octanol–water partition coefficient (Wildman–Crippen LogP) is 7.90. The Kier molecular flexibility index (Phi) is 8.61. The van der Waals surface area contributed by atoms with Gasteiger partial charge in [-0.25, -0.2) is 0 Å². The molecule has 1 unspecified atom stereocenters. The Morgan fingerprint density at radius 2 is 1.76 bits per heavy atom. The van der Waals surface area contributed by atoms with Gasteiger partial charge in [0.25, 0.3) is 0 Å². The summed E-state index contributed by atoms with van der Waals surface area (Å²) in [4.78, 5) is 0. The quantitative estimate of drug-likeness (QED) is 0.339. The van der Waals surface area contributed by atoms with Crippen molar-refractivity contribution in [3.05, 3.63) is 58.2 Å². The second-order valence-corrected chi connectivity index (χ2v) is 9.14. The van der Waals surface area contributed by atoms with Gasteiger partial charge in [0, 0.05) is 0 Å². The van der Waals surface area contributed by atoms with Crippen molar-refractivity contribution in [3.63, 3.8) is 0 Å². The van der Waals surface area contributed by atoms with Crippen LogP contribution in [0.3, 0.4) is 0 Å². The van der Waals surface area contributed by atoms with E-state index in [2.05, 4.69) is 58.9 Å². The van der Waals surface area contributed by atoms with E-state index in [9.17, 15) is 5.11 Å². The zero-order valence-corrected chi connectivity index (χ0v) is 19.4. The number of aryl methyl sites for hydroxylation is 1. The molecule has 1 aliphatic heterocycles.